The van der Waals surface area contributed by atoms with Crippen LogP contribution in [0.5, 0.6) is 0 Å². The van der Waals surface area contributed by atoms with Crippen LogP contribution in [0.4, 0.5) is 0 Å². The minimum Gasteiger partial charge on any atom is -0.340 e. The van der Waals surface area contributed by atoms with Crippen LogP contribution in [-0.2, 0) is 6.54 Å². The van der Waals surface area contributed by atoms with Gasteiger partial charge in [-0.25, -0.2) is 0 Å². The molecule has 0 aliphatic rings. The molecule has 0 fully saturated rings. The number of rotatable bonds is 5. The summed E-state index contributed by atoms with van der Waals surface area (Å²) < 4.78 is 2.38. The minimum atomic E-state index is 0.923. The SMILES string of the molecule is C#Cc1ccc2c3ccc(C#C)cc3n(CCCCCC)c2c1. The summed E-state index contributed by atoms with van der Waals surface area (Å²) in [6.45, 7) is 3.24. The summed E-state index contributed by atoms with van der Waals surface area (Å²) in [5, 5.41) is 2.50. The third-order valence-corrected chi connectivity index (χ3v) is 4.44. The van der Waals surface area contributed by atoms with Crippen LogP contribution in [0, 0.1) is 24.7 Å². The van der Waals surface area contributed by atoms with E-state index in [2.05, 4.69) is 47.6 Å². The average molecular weight is 299 g/mol. The largest absolute Gasteiger partial charge is 0.340 e. The molecule has 0 amide bonds. The predicted molar refractivity (Wildman–Crippen MR) is 99.5 cm³/mol. The van der Waals surface area contributed by atoms with Gasteiger partial charge in [-0.3, -0.25) is 0 Å². The van der Waals surface area contributed by atoms with E-state index in [0.29, 0.717) is 0 Å². The zero-order chi connectivity index (χ0) is 16.2. The average Bonchev–Trinajstić information content (AvgIpc) is 2.90. The number of hydrogen-bond donors (Lipinski definition) is 0. The second kappa shape index (κ2) is 6.64. The van der Waals surface area contributed by atoms with Crippen LogP contribution in [0.25, 0.3) is 21.8 Å². The van der Waals surface area contributed by atoms with Crippen LogP contribution >= 0.6 is 0 Å². The smallest absolute Gasteiger partial charge is 0.0503 e. The van der Waals surface area contributed by atoms with Gasteiger partial charge in [-0.15, -0.1) is 12.8 Å². The molecule has 0 bridgehead atoms. The topological polar surface area (TPSA) is 4.93 Å². The molecule has 0 saturated heterocycles. The number of hydrogen-bond acceptors (Lipinski definition) is 0. The quantitative estimate of drug-likeness (QED) is 0.443. The van der Waals surface area contributed by atoms with E-state index in [-0.39, 0.29) is 0 Å². The van der Waals surface area contributed by atoms with Gasteiger partial charge in [0.1, 0.15) is 0 Å². The summed E-state index contributed by atoms with van der Waals surface area (Å²) in [5.41, 5.74) is 4.27. The van der Waals surface area contributed by atoms with Crippen molar-refractivity contribution in [3.8, 4) is 24.7 Å². The molecule has 0 radical (unpaired) electrons. The first-order chi connectivity index (χ1) is 11.3. The van der Waals surface area contributed by atoms with Gasteiger partial charge in [-0.2, -0.15) is 0 Å². The molecule has 0 unspecified atom stereocenters. The molecule has 2 aromatic carbocycles. The molecule has 3 rings (SSSR count). The lowest BCUT2D eigenvalue weighted by Crippen LogP contribution is -1.98. The number of terminal acetylenes is 2. The summed E-state index contributed by atoms with van der Waals surface area (Å²) in [7, 11) is 0. The van der Waals surface area contributed by atoms with Gasteiger partial charge in [-0.1, -0.05) is 50.2 Å². The fourth-order valence-electron chi connectivity index (χ4n) is 3.21. The second-order valence-corrected chi connectivity index (χ2v) is 5.96. The Labute approximate surface area is 138 Å². The summed E-state index contributed by atoms with van der Waals surface area (Å²) in [5.74, 6) is 5.49. The Kier molecular flexibility index (Phi) is 4.40. The van der Waals surface area contributed by atoms with Crippen molar-refractivity contribution in [2.75, 3.05) is 0 Å². The number of unbranched alkanes of at least 4 members (excludes halogenated alkanes) is 3. The van der Waals surface area contributed by atoms with E-state index < -0.39 is 0 Å². The standard InChI is InChI=1S/C22H21N/c1-4-7-8-9-14-23-21-15-17(5-2)10-12-19(21)20-13-11-18(6-3)16-22(20)23/h2-3,10-13,15-16H,4,7-9,14H2,1H3. The molecule has 0 atom stereocenters. The van der Waals surface area contributed by atoms with E-state index in [4.69, 9.17) is 12.8 Å². The van der Waals surface area contributed by atoms with Crippen LogP contribution in [-0.4, -0.2) is 4.57 Å². The highest BCUT2D eigenvalue weighted by Crippen LogP contribution is 2.31. The van der Waals surface area contributed by atoms with Gasteiger partial charge in [0.25, 0.3) is 0 Å². The van der Waals surface area contributed by atoms with E-state index in [1.165, 1.54) is 47.5 Å². The van der Waals surface area contributed by atoms with Crippen LogP contribution in [0.1, 0.15) is 43.7 Å². The van der Waals surface area contributed by atoms with Gasteiger partial charge in [0, 0.05) is 28.4 Å². The van der Waals surface area contributed by atoms with Crippen molar-refractivity contribution < 1.29 is 0 Å². The molecule has 0 spiro atoms. The van der Waals surface area contributed by atoms with Crippen molar-refractivity contribution in [2.24, 2.45) is 0 Å². The Hall–Kier alpha value is -2.64. The Balaban J connectivity index is 2.17. The lowest BCUT2D eigenvalue weighted by Gasteiger charge is -2.08. The van der Waals surface area contributed by atoms with E-state index in [9.17, 15) is 0 Å². The number of aryl methyl sites for hydroxylation is 1. The molecule has 1 heteroatoms. The molecule has 1 aromatic heterocycles. The Bertz CT molecular complexity index is 857. The molecular weight excluding hydrogens is 278 g/mol. The van der Waals surface area contributed by atoms with E-state index in [0.717, 1.165) is 17.7 Å². The molecule has 0 saturated carbocycles. The zero-order valence-corrected chi connectivity index (χ0v) is 13.6. The molecule has 1 heterocycles. The highest BCUT2D eigenvalue weighted by atomic mass is 15.0. The number of benzene rings is 2. The molecular formula is C22H21N. The first kappa shape index (κ1) is 15.3. The molecule has 23 heavy (non-hydrogen) atoms. The zero-order valence-electron chi connectivity index (χ0n) is 13.6. The highest BCUT2D eigenvalue weighted by molar-refractivity contribution is 6.08. The molecule has 1 nitrogen and oxygen atoms in total. The van der Waals surface area contributed by atoms with Crippen LogP contribution in [0.3, 0.4) is 0 Å². The minimum absolute atomic E-state index is 0.923. The molecule has 0 aliphatic heterocycles. The lowest BCUT2D eigenvalue weighted by molar-refractivity contribution is 0.602. The molecule has 0 N–H and O–H groups in total. The maximum atomic E-state index is 5.58. The Morgan fingerprint density at radius 2 is 1.39 bits per heavy atom. The maximum absolute atomic E-state index is 5.58. The van der Waals surface area contributed by atoms with Crippen molar-refractivity contribution in [3.05, 3.63) is 47.5 Å². The maximum Gasteiger partial charge on any atom is 0.0503 e. The van der Waals surface area contributed by atoms with Crippen molar-refractivity contribution in [1.82, 2.24) is 4.57 Å². The van der Waals surface area contributed by atoms with Crippen LogP contribution in [0.15, 0.2) is 36.4 Å². The molecule has 0 aliphatic carbocycles. The monoisotopic (exact) mass is 299 g/mol. The van der Waals surface area contributed by atoms with Gasteiger partial charge in [-0.05, 0) is 30.7 Å². The number of fused-ring (bicyclic) bond motifs is 3. The van der Waals surface area contributed by atoms with E-state index in [1.807, 2.05) is 12.1 Å². The first-order valence-corrected chi connectivity index (χ1v) is 8.27. The summed E-state index contributed by atoms with van der Waals surface area (Å²) >= 11 is 0. The first-order valence-electron chi connectivity index (χ1n) is 8.27. The fraction of sp³-hybridized carbons (Fsp3) is 0.273. The summed E-state index contributed by atoms with van der Waals surface area (Å²) in [6, 6.07) is 12.5. The van der Waals surface area contributed by atoms with Gasteiger partial charge in [0.15, 0.2) is 0 Å². The number of aromatic nitrogens is 1. The summed E-state index contributed by atoms with van der Waals surface area (Å²) in [6.07, 6.45) is 16.1. The van der Waals surface area contributed by atoms with Crippen molar-refractivity contribution in [1.29, 1.82) is 0 Å². The number of nitrogens with zero attached hydrogens (tertiary/aromatic N) is 1. The van der Waals surface area contributed by atoms with Crippen molar-refractivity contribution in [2.45, 2.75) is 39.2 Å². The Morgan fingerprint density at radius 1 is 0.826 bits per heavy atom. The van der Waals surface area contributed by atoms with Gasteiger partial charge in [0.2, 0.25) is 0 Å². The van der Waals surface area contributed by atoms with Crippen LogP contribution < -0.4 is 0 Å². The van der Waals surface area contributed by atoms with Gasteiger partial charge in [0.05, 0.1) is 11.0 Å². The fourth-order valence-corrected chi connectivity index (χ4v) is 3.21. The third-order valence-electron chi connectivity index (χ3n) is 4.44. The van der Waals surface area contributed by atoms with E-state index in [1.54, 1.807) is 0 Å². The molecule has 114 valence electrons. The normalized spacial score (nSPS) is 10.7. The second-order valence-electron chi connectivity index (χ2n) is 5.96. The van der Waals surface area contributed by atoms with E-state index >= 15 is 0 Å². The van der Waals surface area contributed by atoms with Crippen LogP contribution in [0.2, 0.25) is 0 Å². The molecule has 3 aromatic rings. The third kappa shape index (κ3) is 2.84. The van der Waals surface area contributed by atoms with Crippen molar-refractivity contribution in [3.63, 3.8) is 0 Å². The predicted octanol–water partition coefficient (Wildman–Crippen LogP) is 5.34. The van der Waals surface area contributed by atoms with Gasteiger partial charge >= 0.3 is 0 Å². The van der Waals surface area contributed by atoms with Gasteiger partial charge < -0.3 is 4.57 Å². The highest BCUT2D eigenvalue weighted by Gasteiger charge is 2.11. The lowest BCUT2D eigenvalue weighted by atomic mass is 10.1. The summed E-state index contributed by atoms with van der Waals surface area (Å²) in [4.78, 5) is 0. The Morgan fingerprint density at radius 3 is 1.87 bits per heavy atom. The van der Waals surface area contributed by atoms with Crippen molar-refractivity contribution >= 4 is 21.8 Å².